The highest BCUT2D eigenvalue weighted by atomic mass is 32.2. The molecule has 0 atom stereocenters. The van der Waals surface area contributed by atoms with Gasteiger partial charge < -0.3 is 10.1 Å². The fraction of sp³-hybridized carbons (Fsp3) is 0.467. The van der Waals surface area contributed by atoms with Crippen molar-refractivity contribution in [2.75, 3.05) is 18.9 Å². The second-order valence-electron chi connectivity index (χ2n) is 4.89. The molecule has 1 aromatic carbocycles. The summed E-state index contributed by atoms with van der Waals surface area (Å²) in [6.45, 7) is 2.46. The number of esters is 1. The van der Waals surface area contributed by atoms with Gasteiger partial charge in [-0.2, -0.15) is 0 Å². The Morgan fingerprint density at radius 1 is 1.30 bits per heavy atom. The van der Waals surface area contributed by atoms with Crippen molar-refractivity contribution in [3.8, 4) is 0 Å². The van der Waals surface area contributed by atoms with Crippen molar-refractivity contribution < 1.29 is 14.3 Å². The first-order valence-corrected chi connectivity index (χ1v) is 7.76. The summed E-state index contributed by atoms with van der Waals surface area (Å²) in [5.74, 6) is 0.364. The topological polar surface area (TPSA) is 55.4 Å². The van der Waals surface area contributed by atoms with Gasteiger partial charge in [-0.05, 0) is 31.9 Å². The van der Waals surface area contributed by atoms with Gasteiger partial charge in [0.15, 0.2) is 6.61 Å². The van der Waals surface area contributed by atoms with Crippen LogP contribution in [0.15, 0.2) is 29.2 Å². The highest BCUT2D eigenvalue weighted by molar-refractivity contribution is 7.99. The van der Waals surface area contributed by atoms with Crippen LogP contribution >= 0.6 is 11.8 Å². The summed E-state index contributed by atoms with van der Waals surface area (Å²) in [7, 11) is 0. The summed E-state index contributed by atoms with van der Waals surface area (Å²) >= 11 is 1.69. The molecule has 0 bridgehead atoms. The summed E-state index contributed by atoms with van der Waals surface area (Å²) in [6, 6.07) is 8.27. The summed E-state index contributed by atoms with van der Waals surface area (Å²) in [5, 5.41) is 2.74. The van der Waals surface area contributed by atoms with Gasteiger partial charge >= 0.3 is 5.97 Å². The van der Waals surface area contributed by atoms with Crippen LogP contribution < -0.4 is 5.32 Å². The molecule has 1 aromatic rings. The van der Waals surface area contributed by atoms with Crippen LogP contribution in [0.3, 0.4) is 0 Å². The molecule has 108 valence electrons. The molecule has 4 nitrogen and oxygen atoms in total. The molecule has 0 unspecified atom stereocenters. The Kier molecular flexibility index (Phi) is 5.47. The van der Waals surface area contributed by atoms with Crippen LogP contribution in [0.5, 0.6) is 0 Å². The second kappa shape index (κ2) is 7.33. The zero-order chi connectivity index (χ0) is 14.4. The Bertz CT molecular complexity index is 469. The minimum Gasteiger partial charge on any atom is -0.455 e. The molecule has 20 heavy (non-hydrogen) atoms. The number of carbonyl (C=O) groups is 2. The van der Waals surface area contributed by atoms with E-state index in [4.69, 9.17) is 4.74 Å². The first kappa shape index (κ1) is 14.9. The fourth-order valence-corrected chi connectivity index (χ4v) is 2.39. The van der Waals surface area contributed by atoms with Gasteiger partial charge in [-0.1, -0.05) is 17.7 Å². The van der Waals surface area contributed by atoms with E-state index in [0.29, 0.717) is 6.54 Å². The predicted molar refractivity (Wildman–Crippen MR) is 78.6 cm³/mol. The Morgan fingerprint density at radius 3 is 2.65 bits per heavy atom. The number of hydrogen-bond donors (Lipinski definition) is 1. The Balaban J connectivity index is 1.54. The molecule has 1 aliphatic rings. The maximum Gasteiger partial charge on any atom is 0.309 e. The van der Waals surface area contributed by atoms with Crippen LogP contribution in [0.1, 0.15) is 18.4 Å². The Morgan fingerprint density at radius 2 is 2.00 bits per heavy atom. The lowest BCUT2D eigenvalue weighted by molar-refractivity contribution is -0.149. The third-order valence-corrected chi connectivity index (χ3v) is 3.98. The van der Waals surface area contributed by atoms with Crippen molar-refractivity contribution in [2.24, 2.45) is 5.92 Å². The standard InChI is InChI=1S/C15H19NO3S/c1-11-2-6-13(7-3-11)20-9-8-16-14(17)10-19-15(18)12-4-5-12/h2-3,6-7,12H,4-5,8-10H2,1H3,(H,16,17). The normalized spacial score (nSPS) is 13.8. The largest absolute Gasteiger partial charge is 0.455 e. The highest BCUT2D eigenvalue weighted by Crippen LogP contribution is 2.29. The summed E-state index contributed by atoms with van der Waals surface area (Å²) in [4.78, 5) is 23.9. The zero-order valence-corrected chi connectivity index (χ0v) is 12.4. The van der Waals surface area contributed by atoms with E-state index < -0.39 is 0 Å². The van der Waals surface area contributed by atoms with Crippen molar-refractivity contribution in [3.63, 3.8) is 0 Å². The number of thioether (sulfide) groups is 1. The van der Waals surface area contributed by atoms with Gasteiger partial charge in [0.25, 0.3) is 5.91 Å². The quantitative estimate of drug-likeness (QED) is 0.475. The van der Waals surface area contributed by atoms with E-state index in [-0.39, 0.29) is 24.4 Å². The summed E-state index contributed by atoms with van der Waals surface area (Å²) in [6.07, 6.45) is 1.79. The fourth-order valence-electron chi connectivity index (χ4n) is 1.62. The molecule has 1 aliphatic carbocycles. The third kappa shape index (κ3) is 5.25. The molecular weight excluding hydrogens is 274 g/mol. The molecule has 2 rings (SSSR count). The number of amides is 1. The molecule has 1 saturated carbocycles. The first-order chi connectivity index (χ1) is 9.65. The molecule has 1 N–H and O–H groups in total. The lowest BCUT2D eigenvalue weighted by Gasteiger charge is -2.06. The molecule has 0 radical (unpaired) electrons. The molecular formula is C15H19NO3S. The van der Waals surface area contributed by atoms with Crippen LogP contribution in [0, 0.1) is 12.8 Å². The van der Waals surface area contributed by atoms with Crippen LogP contribution in [-0.2, 0) is 14.3 Å². The molecule has 1 fully saturated rings. The average molecular weight is 293 g/mol. The number of hydrogen-bond acceptors (Lipinski definition) is 4. The van der Waals surface area contributed by atoms with Gasteiger partial charge in [-0.3, -0.25) is 9.59 Å². The minimum atomic E-state index is -0.241. The van der Waals surface area contributed by atoms with E-state index in [2.05, 4.69) is 36.5 Å². The molecule has 0 spiro atoms. The van der Waals surface area contributed by atoms with E-state index in [1.165, 1.54) is 10.5 Å². The van der Waals surface area contributed by atoms with Crippen molar-refractivity contribution in [1.29, 1.82) is 0 Å². The second-order valence-corrected chi connectivity index (χ2v) is 6.06. The van der Waals surface area contributed by atoms with Crippen molar-refractivity contribution in [2.45, 2.75) is 24.7 Å². The maximum absolute atomic E-state index is 11.4. The van der Waals surface area contributed by atoms with Gasteiger partial charge in [0, 0.05) is 17.2 Å². The third-order valence-electron chi connectivity index (χ3n) is 2.97. The van der Waals surface area contributed by atoms with Crippen LogP contribution in [-0.4, -0.2) is 30.8 Å². The molecule has 5 heteroatoms. The Hall–Kier alpha value is -1.49. The lowest BCUT2D eigenvalue weighted by Crippen LogP contribution is -2.30. The minimum absolute atomic E-state index is 0.0416. The van der Waals surface area contributed by atoms with Gasteiger partial charge in [-0.15, -0.1) is 11.8 Å². The number of benzene rings is 1. The summed E-state index contributed by atoms with van der Waals surface area (Å²) < 4.78 is 4.90. The van der Waals surface area contributed by atoms with E-state index in [1.807, 2.05) is 0 Å². The SMILES string of the molecule is Cc1ccc(SCCNC(=O)COC(=O)C2CC2)cc1. The van der Waals surface area contributed by atoms with Gasteiger partial charge in [0.1, 0.15) is 0 Å². The van der Waals surface area contributed by atoms with Crippen LogP contribution in [0.2, 0.25) is 0 Å². The maximum atomic E-state index is 11.4. The van der Waals surface area contributed by atoms with E-state index >= 15 is 0 Å². The predicted octanol–water partition coefficient (Wildman–Crippen LogP) is 2.16. The smallest absolute Gasteiger partial charge is 0.309 e. The molecule has 0 saturated heterocycles. The van der Waals surface area contributed by atoms with Crippen LogP contribution in [0.4, 0.5) is 0 Å². The number of nitrogens with one attached hydrogen (secondary N) is 1. The number of ether oxygens (including phenoxy) is 1. The average Bonchev–Trinajstić information content (AvgIpc) is 3.27. The van der Waals surface area contributed by atoms with Crippen molar-refractivity contribution >= 4 is 23.6 Å². The molecule has 1 amide bonds. The van der Waals surface area contributed by atoms with E-state index in [0.717, 1.165) is 18.6 Å². The molecule has 0 aromatic heterocycles. The van der Waals surface area contributed by atoms with E-state index in [1.54, 1.807) is 11.8 Å². The molecule has 0 aliphatic heterocycles. The first-order valence-electron chi connectivity index (χ1n) is 6.78. The van der Waals surface area contributed by atoms with E-state index in [9.17, 15) is 9.59 Å². The monoisotopic (exact) mass is 293 g/mol. The summed E-state index contributed by atoms with van der Waals surface area (Å²) in [5.41, 5.74) is 1.24. The lowest BCUT2D eigenvalue weighted by atomic mass is 10.2. The Labute approximate surface area is 123 Å². The molecule has 0 heterocycles. The van der Waals surface area contributed by atoms with Crippen molar-refractivity contribution in [1.82, 2.24) is 5.32 Å². The van der Waals surface area contributed by atoms with Crippen molar-refractivity contribution in [3.05, 3.63) is 29.8 Å². The van der Waals surface area contributed by atoms with Gasteiger partial charge in [-0.25, -0.2) is 0 Å². The zero-order valence-electron chi connectivity index (χ0n) is 11.6. The van der Waals surface area contributed by atoms with Crippen LogP contribution in [0.25, 0.3) is 0 Å². The van der Waals surface area contributed by atoms with Gasteiger partial charge in [0.2, 0.25) is 0 Å². The highest BCUT2D eigenvalue weighted by Gasteiger charge is 2.31. The number of rotatable bonds is 7. The van der Waals surface area contributed by atoms with Gasteiger partial charge in [0.05, 0.1) is 5.92 Å². The number of aryl methyl sites for hydroxylation is 1. The number of carbonyl (C=O) groups excluding carboxylic acids is 2.